The van der Waals surface area contributed by atoms with Crippen molar-refractivity contribution in [3.63, 3.8) is 0 Å². The average Bonchev–Trinajstić information content (AvgIpc) is 2.07. The molecule has 0 fully saturated rings. The molecule has 0 radical (unpaired) electrons. The molecule has 3 heteroatoms. The molecule has 1 atom stereocenters. The first-order valence-corrected chi connectivity index (χ1v) is 4.66. The summed E-state index contributed by atoms with van der Waals surface area (Å²) in [5.41, 5.74) is 0. The van der Waals surface area contributed by atoms with E-state index in [1.54, 1.807) is 6.92 Å². The van der Waals surface area contributed by atoms with Crippen LogP contribution in [0.25, 0.3) is 0 Å². The van der Waals surface area contributed by atoms with E-state index < -0.39 is 0 Å². The first-order chi connectivity index (χ1) is 5.63. The minimum atomic E-state index is -0.287. The van der Waals surface area contributed by atoms with Gasteiger partial charge in [-0.3, -0.25) is 4.90 Å². The highest BCUT2D eigenvalue weighted by atomic mass is 16.3. The summed E-state index contributed by atoms with van der Waals surface area (Å²) in [6.45, 7) is 9.96. The lowest BCUT2D eigenvalue weighted by atomic mass is 10.5. The van der Waals surface area contributed by atoms with Crippen molar-refractivity contribution in [2.75, 3.05) is 19.7 Å². The number of aliphatic hydroxyl groups is 2. The van der Waals surface area contributed by atoms with Crippen molar-refractivity contribution >= 4 is 0 Å². The minimum Gasteiger partial charge on any atom is -0.396 e. The topological polar surface area (TPSA) is 43.7 Å². The lowest BCUT2D eigenvalue weighted by molar-refractivity contribution is 0.0265. The van der Waals surface area contributed by atoms with Crippen molar-refractivity contribution in [3.8, 4) is 0 Å². The molecular formula is C9H23NO2. The molecule has 2 N–H and O–H groups in total. The van der Waals surface area contributed by atoms with Gasteiger partial charge in [-0.05, 0) is 26.4 Å². The van der Waals surface area contributed by atoms with Crippen LogP contribution in [0.4, 0.5) is 0 Å². The molecule has 0 bridgehead atoms. The standard InChI is InChI=1S/C6H15NO.C3H8O/c1-4-7(5-2)6(3)8;1-2-3-4/h6,8H,4-5H2,1-3H3;4H,2-3H2,1H3. The SMILES string of the molecule is CCCO.CCN(CC)C(C)O. The quantitative estimate of drug-likeness (QED) is 0.631. The largest absolute Gasteiger partial charge is 0.396 e. The van der Waals surface area contributed by atoms with Gasteiger partial charge >= 0.3 is 0 Å². The predicted octanol–water partition coefficient (Wildman–Crippen LogP) is 1.06. The molecule has 0 spiro atoms. The molecule has 0 aromatic heterocycles. The zero-order chi connectivity index (χ0) is 9.98. The lowest BCUT2D eigenvalue weighted by Gasteiger charge is -2.20. The Morgan fingerprint density at radius 1 is 1.17 bits per heavy atom. The van der Waals surface area contributed by atoms with Gasteiger partial charge in [-0.1, -0.05) is 20.8 Å². The molecule has 0 aromatic rings. The molecule has 0 saturated heterocycles. The van der Waals surface area contributed by atoms with Crippen LogP contribution in [-0.2, 0) is 0 Å². The van der Waals surface area contributed by atoms with E-state index >= 15 is 0 Å². The Morgan fingerprint density at radius 3 is 1.50 bits per heavy atom. The summed E-state index contributed by atoms with van der Waals surface area (Å²) in [7, 11) is 0. The molecule has 0 aliphatic rings. The summed E-state index contributed by atoms with van der Waals surface area (Å²) in [6.07, 6.45) is 0.588. The van der Waals surface area contributed by atoms with Gasteiger partial charge in [0.15, 0.2) is 0 Å². The van der Waals surface area contributed by atoms with Gasteiger partial charge in [-0.25, -0.2) is 0 Å². The third-order valence-electron chi connectivity index (χ3n) is 1.56. The Kier molecular flexibility index (Phi) is 13.1. The van der Waals surface area contributed by atoms with E-state index in [4.69, 9.17) is 10.2 Å². The van der Waals surface area contributed by atoms with Crippen molar-refractivity contribution in [2.45, 2.75) is 40.3 Å². The summed E-state index contributed by atoms with van der Waals surface area (Å²) in [4.78, 5) is 1.97. The van der Waals surface area contributed by atoms with Crippen LogP contribution in [0.2, 0.25) is 0 Å². The number of nitrogens with zero attached hydrogens (tertiary/aromatic N) is 1. The van der Waals surface area contributed by atoms with Crippen LogP contribution in [0.5, 0.6) is 0 Å². The third kappa shape index (κ3) is 9.88. The third-order valence-corrected chi connectivity index (χ3v) is 1.56. The first kappa shape index (κ1) is 14.4. The number of hydrogen-bond donors (Lipinski definition) is 2. The van der Waals surface area contributed by atoms with E-state index in [1.807, 2.05) is 25.7 Å². The molecule has 0 heterocycles. The van der Waals surface area contributed by atoms with Crippen LogP contribution in [-0.4, -0.2) is 41.0 Å². The van der Waals surface area contributed by atoms with Crippen LogP contribution in [0, 0.1) is 0 Å². The first-order valence-electron chi connectivity index (χ1n) is 4.66. The summed E-state index contributed by atoms with van der Waals surface area (Å²) in [6, 6.07) is 0. The van der Waals surface area contributed by atoms with E-state index in [0.29, 0.717) is 6.61 Å². The molecule has 0 aliphatic carbocycles. The fourth-order valence-corrected chi connectivity index (χ4v) is 0.752. The normalized spacial score (nSPS) is 12.2. The molecule has 12 heavy (non-hydrogen) atoms. The van der Waals surface area contributed by atoms with Gasteiger partial charge < -0.3 is 10.2 Å². The molecule has 76 valence electrons. The molecule has 3 nitrogen and oxygen atoms in total. The van der Waals surface area contributed by atoms with Gasteiger partial charge in [-0.15, -0.1) is 0 Å². The summed E-state index contributed by atoms with van der Waals surface area (Å²) in [5, 5.41) is 16.8. The molecule has 0 aromatic carbocycles. The van der Waals surface area contributed by atoms with E-state index in [0.717, 1.165) is 19.5 Å². The number of rotatable bonds is 4. The second kappa shape index (κ2) is 10.9. The number of aliphatic hydroxyl groups excluding tert-OH is 2. The molecule has 0 aliphatic heterocycles. The van der Waals surface area contributed by atoms with Gasteiger partial charge in [-0.2, -0.15) is 0 Å². The van der Waals surface area contributed by atoms with Gasteiger partial charge in [0.1, 0.15) is 6.23 Å². The zero-order valence-electron chi connectivity index (χ0n) is 8.75. The molecule has 0 amide bonds. The fraction of sp³-hybridized carbons (Fsp3) is 1.00. The molecule has 0 saturated carbocycles. The maximum Gasteiger partial charge on any atom is 0.104 e. The van der Waals surface area contributed by atoms with Gasteiger partial charge in [0.25, 0.3) is 0 Å². The van der Waals surface area contributed by atoms with E-state index in [1.165, 1.54) is 0 Å². The maximum atomic E-state index is 8.94. The average molecular weight is 177 g/mol. The zero-order valence-corrected chi connectivity index (χ0v) is 8.75. The second-order valence-corrected chi connectivity index (χ2v) is 2.58. The highest BCUT2D eigenvalue weighted by molar-refractivity contribution is 4.49. The maximum absolute atomic E-state index is 8.94. The fourth-order valence-electron chi connectivity index (χ4n) is 0.752. The van der Waals surface area contributed by atoms with E-state index in [-0.39, 0.29) is 6.23 Å². The summed E-state index contributed by atoms with van der Waals surface area (Å²) < 4.78 is 0. The summed E-state index contributed by atoms with van der Waals surface area (Å²) in [5.74, 6) is 0. The van der Waals surface area contributed by atoms with E-state index in [9.17, 15) is 0 Å². The van der Waals surface area contributed by atoms with Gasteiger partial charge in [0.2, 0.25) is 0 Å². The molecule has 1 unspecified atom stereocenters. The van der Waals surface area contributed by atoms with Crippen molar-refractivity contribution < 1.29 is 10.2 Å². The van der Waals surface area contributed by atoms with Crippen molar-refractivity contribution in [3.05, 3.63) is 0 Å². The Balaban J connectivity index is 0. The van der Waals surface area contributed by atoms with Crippen molar-refractivity contribution in [2.24, 2.45) is 0 Å². The van der Waals surface area contributed by atoms with Crippen LogP contribution < -0.4 is 0 Å². The van der Waals surface area contributed by atoms with Crippen molar-refractivity contribution in [1.82, 2.24) is 4.90 Å². The van der Waals surface area contributed by atoms with E-state index in [2.05, 4.69) is 0 Å². The summed E-state index contributed by atoms with van der Waals surface area (Å²) >= 11 is 0. The van der Waals surface area contributed by atoms with Crippen LogP contribution >= 0.6 is 0 Å². The van der Waals surface area contributed by atoms with Gasteiger partial charge in [0.05, 0.1) is 0 Å². The Morgan fingerprint density at radius 2 is 1.50 bits per heavy atom. The molecule has 0 rings (SSSR count). The Bertz CT molecular complexity index is 70.9. The minimum absolute atomic E-state index is 0.287. The van der Waals surface area contributed by atoms with Crippen molar-refractivity contribution in [1.29, 1.82) is 0 Å². The highest BCUT2D eigenvalue weighted by Crippen LogP contribution is 1.91. The number of hydrogen-bond acceptors (Lipinski definition) is 3. The highest BCUT2D eigenvalue weighted by Gasteiger charge is 2.02. The van der Waals surface area contributed by atoms with Gasteiger partial charge in [0, 0.05) is 6.61 Å². The van der Waals surface area contributed by atoms with Crippen LogP contribution in [0.15, 0.2) is 0 Å². The Labute approximate surface area is 76.0 Å². The smallest absolute Gasteiger partial charge is 0.104 e. The Hall–Kier alpha value is -0.120. The van der Waals surface area contributed by atoms with Crippen LogP contribution in [0.1, 0.15) is 34.1 Å². The molecular weight excluding hydrogens is 154 g/mol. The lowest BCUT2D eigenvalue weighted by Crippen LogP contribution is -2.32. The second-order valence-electron chi connectivity index (χ2n) is 2.58. The van der Waals surface area contributed by atoms with Crippen LogP contribution in [0.3, 0.4) is 0 Å². The monoisotopic (exact) mass is 177 g/mol. The predicted molar refractivity (Wildman–Crippen MR) is 52.0 cm³/mol.